The normalized spacial score (nSPS) is 19.1. The zero-order valence-electron chi connectivity index (χ0n) is 16.3. The van der Waals surface area contributed by atoms with Crippen LogP contribution in [0.2, 0.25) is 0 Å². The highest BCUT2D eigenvalue weighted by Gasteiger charge is 2.37. The topological polar surface area (TPSA) is 130 Å². The van der Waals surface area contributed by atoms with Crippen LogP contribution in [0.1, 0.15) is 40.2 Å². The molecule has 2 aliphatic rings. The first-order valence-electron chi connectivity index (χ1n) is 9.49. The zero-order chi connectivity index (χ0) is 21.6. The summed E-state index contributed by atoms with van der Waals surface area (Å²) in [5.41, 5.74) is 1.11. The van der Waals surface area contributed by atoms with Crippen molar-refractivity contribution < 1.29 is 28.2 Å². The van der Waals surface area contributed by atoms with E-state index in [0.29, 0.717) is 11.1 Å². The molecule has 2 aliphatic heterocycles. The van der Waals surface area contributed by atoms with Crippen LogP contribution in [-0.2, 0) is 10.0 Å². The first kappa shape index (κ1) is 20.4. The molecule has 8 nitrogen and oxygen atoms in total. The number of phenols is 2. The highest BCUT2D eigenvalue weighted by atomic mass is 32.2. The number of phenolic OH excluding ortho intramolecular Hbond substituents is 2. The first-order chi connectivity index (χ1) is 14.1. The molecule has 30 heavy (non-hydrogen) atoms. The molecular weight excluding hydrogens is 408 g/mol. The van der Waals surface area contributed by atoms with E-state index in [1.54, 1.807) is 0 Å². The van der Waals surface area contributed by atoms with E-state index >= 15 is 0 Å². The van der Waals surface area contributed by atoms with Crippen molar-refractivity contribution >= 4 is 21.9 Å². The number of hydrogen-bond donors (Lipinski definition) is 3. The van der Waals surface area contributed by atoms with Gasteiger partial charge in [0.1, 0.15) is 22.8 Å². The molecular formula is C21H22N2O6S. The average molecular weight is 430 g/mol. The number of nitrogens with two attached hydrogens (primary N) is 1. The second kappa shape index (κ2) is 7.42. The molecule has 0 aromatic heterocycles. The maximum absolute atomic E-state index is 12.9. The van der Waals surface area contributed by atoms with Crippen LogP contribution in [0.25, 0.3) is 6.08 Å². The third kappa shape index (κ3) is 3.67. The fourth-order valence-electron chi connectivity index (χ4n) is 3.94. The van der Waals surface area contributed by atoms with Crippen LogP contribution in [0.5, 0.6) is 17.2 Å². The number of ketones is 1. The largest absolute Gasteiger partial charge is 0.507 e. The molecule has 0 amide bonds. The van der Waals surface area contributed by atoms with E-state index in [4.69, 9.17) is 9.88 Å². The number of fused-ring (bicyclic) bond motifs is 1. The maximum atomic E-state index is 12.9. The number of sulfonamides is 1. The second-order valence-electron chi connectivity index (χ2n) is 7.66. The minimum absolute atomic E-state index is 0.0107. The van der Waals surface area contributed by atoms with E-state index in [9.17, 15) is 23.4 Å². The molecule has 0 unspecified atom stereocenters. The Kier molecular flexibility index (Phi) is 5.05. The van der Waals surface area contributed by atoms with Crippen LogP contribution < -0.4 is 9.88 Å². The number of primary sulfonamides is 1. The predicted molar refractivity (Wildman–Crippen MR) is 110 cm³/mol. The molecule has 9 heteroatoms. The molecule has 1 fully saturated rings. The van der Waals surface area contributed by atoms with Crippen molar-refractivity contribution in [1.82, 2.24) is 4.90 Å². The summed E-state index contributed by atoms with van der Waals surface area (Å²) in [6, 6.07) is 6.86. The van der Waals surface area contributed by atoms with Gasteiger partial charge >= 0.3 is 0 Å². The van der Waals surface area contributed by atoms with Gasteiger partial charge in [-0.05, 0) is 62.7 Å². The fourth-order valence-corrected chi connectivity index (χ4v) is 4.46. The number of ether oxygens (including phenoxy) is 1. The van der Waals surface area contributed by atoms with Crippen LogP contribution in [0.4, 0.5) is 0 Å². The van der Waals surface area contributed by atoms with Gasteiger partial charge in [0.15, 0.2) is 5.76 Å². The molecule has 0 radical (unpaired) electrons. The summed E-state index contributed by atoms with van der Waals surface area (Å²) >= 11 is 0. The minimum atomic E-state index is -3.82. The van der Waals surface area contributed by atoms with E-state index in [1.807, 2.05) is 7.05 Å². The van der Waals surface area contributed by atoms with Gasteiger partial charge in [-0.25, -0.2) is 13.6 Å². The monoisotopic (exact) mass is 430 g/mol. The predicted octanol–water partition coefficient (Wildman–Crippen LogP) is 2.17. The Morgan fingerprint density at radius 2 is 1.77 bits per heavy atom. The van der Waals surface area contributed by atoms with Crippen molar-refractivity contribution in [2.24, 2.45) is 5.14 Å². The van der Waals surface area contributed by atoms with Crippen molar-refractivity contribution in [3.8, 4) is 17.2 Å². The third-order valence-corrected chi connectivity index (χ3v) is 6.50. The number of Topliss-reactive ketones (excluding diaryl/α,β-unsaturated/α-hetero) is 1. The molecule has 0 spiro atoms. The van der Waals surface area contributed by atoms with Gasteiger partial charge in [0.05, 0.1) is 4.90 Å². The summed E-state index contributed by atoms with van der Waals surface area (Å²) in [5, 5.41) is 25.9. The molecule has 1 saturated heterocycles. The molecule has 158 valence electrons. The van der Waals surface area contributed by atoms with Gasteiger partial charge < -0.3 is 19.8 Å². The number of piperidine rings is 1. The summed E-state index contributed by atoms with van der Waals surface area (Å²) in [5.74, 6) is -0.726. The molecule has 2 aromatic carbocycles. The Labute approximate surface area is 174 Å². The summed E-state index contributed by atoms with van der Waals surface area (Å²) in [4.78, 5) is 15.0. The Balaban J connectivity index is 1.71. The first-order valence-corrected chi connectivity index (χ1v) is 11.0. The van der Waals surface area contributed by atoms with Crippen molar-refractivity contribution in [2.75, 3.05) is 20.1 Å². The van der Waals surface area contributed by atoms with E-state index < -0.39 is 15.8 Å². The van der Waals surface area contributed by atoms with Gasteiger partial charge in [-0.15, -0.1) is 0 Å². The molecule has 0 atom stereocenters. The lowest BCUT2D eigenvalue weighted by Gasteiger charge is -2.30. The number of likely N-dealkylation sites (tertiary alicyclic amines) is 1. The van der Waals surface area contributed by atoms with E-state index in [1.165, 1.54) is 36.4 Å². The lowest BCUT2D eigenvalue weighted by molar-refractivity contribution is 0.101. The Morgan fingerprint density at radius 3 is 2.37 bits per heavy atom. The van der Waals surface area contributed by atoms with Crippen LogP contribution in [0.3, 0.4) is 0 Å². The number of carbonyl (C=O) groups excluding carboxylic acids is 1. The maximum Gasteiger partial charge on any atom is 0.238 e. The summed E-state index contributed by atoms with van der Waals surface area (Å²) < 4.78 is 28.6. The number of benzene rings is 2. The lowest BCUT2D eigenvalue weighted by atomic mass is 9.86. The number of hydrogen-bond acceptors (Lipinski definition) is 7. The van der Waals surface area contributed by atoms with Crippen molar-refractivity contribution in [1.29, 1.82) is 0 Å². The molecule has 4 N–H and O–H groups in total. The van der Waals surface area contributed by atoms with Gasteiger partial charge in [-0.2, -0.15) is 0 Å². The molecule has 0 aliphatic carbocycles. The average Bonchev–Trinajstić information content (AvgIpc) is 2.99. The quantitative estimate of drug-likeness (QED) is 0.636. The number of aromatic hydroxyl groups is 2. The molecule has 0 bridgehead atoms. The van der Waals surface area contributed by atoms with Crippen LogP contribution in [-0.4, -0.2) is 49.5 Å². The Hall–Kier alpha value is -2.88. The van der Waals surface area contributed by atoms with E-state index in [2.05, 4.69) is 4.90 Å². The van der Waals surface area contributed by atoms with E-state index in [0.717, 1.165) is 25.9 Å². The Bertz CT molecular complexity index is 1150. The minimum Gasteiger partial charge on any atom is -0.507 e. The lowest BCUT2D eigenvalue weighted by Crippen LogP contribution is -2.29. The molecule has 2 heterocycles. The zero-order valence-corrected chi connectivity index (χ0v) is 17.1. The smallest absolute Gasteiger partial charge is 0.238 e. The Morgan fingerprint density at radius 1 is 1.13 bits per heavy atom. The third-order valence-electron chi connectivity index (χ3n) is 5.57. The molecule has 4 rings (SSSR count). The number of carbonyl (C=O) groups is 1. The van der Waals surface area contributed by atoms with Gasteiger partial charge in [-0.1, -0.05) is 12.1 Å². The van der Waals surface area contributed by atoms with Crippen LogP contribution in [0.15, 0.2) is 41.0 Å². The van der Waals surface area contributed by atoms with Crippen LogP contribution >= 0.6 is 0 Å². The van der Waals surface area contributed by atoms with Crippen molar-refractivity contribution in [2.45, 2.75) is 23.7 Å². The highest BCUT2D eigenvalue weighted by molar-refractivity contribution is 7.89. The van der Waals surface area contributed by atoms with Crippen LogP contribution in [0, 0.1) is 0 Å². The fraction of sp³-hybridized carbons (Fsp3) is 0.286. The standard InChI is InChI=1S/C21H22N2O6S/c1-23-8-6-13(7-9-23)18-15(24)11-16(25)19-20(26)17(29-21(18)19)10-12-2-4-14(5-3-12)30(22,27)28/h2-5,10-11,13,24-25H,6-9H2,1H3,(H2,22,27,28)/b17-10+. The molecule has 0 saturated carbocycles. The summed E-state index contributed by atoms with van der Waals surface area (Å²) in [7, 11) is -1.79. The number of nitrogens with zero attached hydrogens (tertiary/aromatic N) is 1. The SMILES string of the molecule is CN1CCC(c2c(O)cc(O)c3c2O/C(=C/c2ccc(S(N)(=O)=O)cc2)C3=O)CC1. The summed E-state index contributed by atoms with van der Waals surface area (Å²) in [6.45, 7) is 1.71. The number of allylic oxidation sites excluding steroid dienone is 1. The van der Waals surface area contributed by atoms with Gasteiger partial charge in [-0.3, -0.25) is 4.79 Å². The van der Waals surface area contributed by atoms with Crippen molar-refractivity contribution in [3.05, 3.63) is 52.8 Å². The van der Waals surface area contributed by atoms with Gasteiger partial charge in [0.2, 0.25) is 15.8 Å². The summed E-state index contributed by atoms with van der Waals surface area (Å²) in [6.07, 6.45) is 3.06. The molecule has 2 aromatic rings. The van der Waals surface area contributed by atoms with Gasteiger partial charge in [0.25, 0.3) is 0 Å². The number of rotatable bonds is 3. The van der Waals surface area contributed by atoms with E-state index in [-0.39, 0.29) is 39.4 Å². The van der Waals surface area contributed by atoms with Crippen molar-refractivity contribution in [3.63, 3.8) is 0 Å². The highest BCUT2D eigenvalue weighted by Crippen LogP contribution is 2.49. The second-order valence-corrected chi connectivity index (χ2v) is 9.23. The van der Waals surface area contributed by atoms with Gasteiger partial charge in [0, 0.05) is 11.6 Å².